The van der Waals surface area contributed by atoms with Crippen LogP contribution in [0.5, 0.6) is 0 Å². The third kappa shape index (κ3) is 8.04. The molecule has 11 aromatic rings. The molecule has 11 rings (SSSR count). The summed E-state index contributed by atoms with van der Waals surface area (Å²) in [4.78, 5) is 12.0. The highest BCUT2D eigenvalue weighted by atomic mass is 15.1. The van der Waals surface area contributed by atoms with Crippen LogP contribution in [0, 0.1) is 45.3 Å². The van der Waals surface area contributed by atoms with Crippen molar-refractivity contribution in [3.63, 3.8) is 0 Å². The predicted molar refractivity (Wildman–Crippen MR) is 277 cm³/mol. The molecule has 0 aliphatic carbocycles. The number of benzene rings is 9. The maximum Gasteiger partial charge on any atom is 0.160 e. The van der Waals surface area contributed by atoms with Gasteiger partial charge in [-0.1, -0.05) is 91.0 Å². The summed E-state index contributed by atoms with van der Waals surface area (Å²) < 4.78 is 2.31. The average Bonchev–Trinajstić information content (AvgIpc) is 3.77. The molecule has 70 heavy (non-hydrogen) atoms. The second kappa shape index (κ2) is 18.1. The first-order valence-corrected chi connectivity index (χ1v) is 22.5. The normalized spacial score (nSPS) is 10.8. The lowest BCUT2D eigenvalue weighted by Gasteiger charge is -2.25. The standard InChI is InChI=1S/C62H36N8/c63-37-41-5-13-49(14-6-41)58-36-59(68-62(67-58)51-15-7-42(38-64)8-16-51)50-23-21-47(22-24-50)45-17-19-46(20-18-45)48-25-31-54(32-26-48)70-60-4-2-1-3-56(60)57-35-55(33-34-61(57)70)69(52-27-9-43(39-65)10-28-52)53-29-11-44(40-66)12-30-53/h1-36H. The number of para-hydroxylation sites is 1. The molecule has 0 fully saturated rings. The minimum absolute atomic E-state index is 0.545. The maximum absolute atomic E-state index is 9.50. The lowest BCUT2D eigenvalue weighted by atomic mass is 9.98. The summed E-state index contributed by atoms with van der Waals surface area (Å²) in [6.07, 6.45) is 0. The Morgan fingerprint density at radius 3 is 1.17 bits per heavy atom. The molecule has 2 aromatic heterocycles. The quantitative estimate of drug-likeness (QED) is 0.141. The molecule has 0 radical (unpaired) electrons. The Morgan fingerprint density at radius 1 is 0.329 bits per heavy atom. The molecular formula is C62H36N8. The molecule has 0 N–H and O–H groups in total. The van der Waals surface area contributed by atoms with Gasteiger partial charge in [0, 0.05) is 50.2 Å². The van der Waals surface area contributed by atoms with Gasteiger partial charge in [0.2, 0.25) is 0 Å². The molecular weight excluding hydrogens is 857 g/mol. The van der Waals surface area contributed by atoms with E-state index in [9.17, 15) is 21.0 Å². The van der Waals surface area contributed by atoms with E-state index < -0.39 is 0 Å². The van der Waals surface area contributed by atoms with Crippen molar-refractivity contribution in [3.05, 3.63) is 241 Å². The Labute approximate surface area is 404 Å². The Hall–Kier alpha value is -10.4. The van der Waals surface area contributed by atoms with E-state index in [-0.39, 0.29) is 0 Å². The fourth-order valence-electron chi connectivity index (χ4n) is 8.97. The van der Waals surface area contributed by atoms with E-state index >= 15 is 0 Å². The molecule has 0 spiro atoms. The number of hydrogen-bond donors (Lipinski definition) is 0. The number of nitriles is 4. The first kappa shape index (κ1) is 42.3. The van der Waals surface area contributed by atoms with Crippen LogP contribution in [-0.2, 0) is 0 Å². The van der Waals surface area contributed by atoms with Gasteiger partial charge in [0.05, 0.1) is 69.0 Å². The van der Waals surface area contributed by atoms with Crippen LogP contribution in [0.15, 0.2) is 218 Å². The molecule has 9 aromatic carbocycles. The summed E-state index contributed by atoms with van der Waals surface area (Å²) in [5.41, 5.74) is 16.8. The van der Waals surface area contributed by atoms with E-state index in [2.05, 4.69) is 149 Å². The van der Waals surface area contributed by atoms with Crippen molar-refractivity contribution in [2.45, 2.75) is 0 Å². The van der Waals surface area contributed by atoms with Crippen LogP contribution in [0.1, 0.15) is 22.3 Å². The van der Waals surface area contributed by atoms with E-state index in [1.807, 2.05) is 78.9 Å². The molecule has 8 heteroatoms. The molecule has 0 amide bonds. The van der Waals surface area contributed by atoms with Crippen LogP contribution in [0.25, 0.3) is 83.6 Å². The molecule has 0 bridgehead atoms. The van der Waals surface area contributed by atoms with E-state index in [0.29, 0.717) is 28.1 Å². The van der Waals surface area contributed by atoms with Gasteiger partial charge in [-0.3, -0.25) is 0 Å². The van der Waals surface area contributed by atoms with Crippen molar-refractivity contribution in [2.24, 2.45) is 0 Å². The van der Waals surface area contributed by atoms with Crippen LogP contribution >= 0.6 is 0 Å². The highest BCUT2D eigenvalue weighted by Crippen LogP contribution is 2.40. The van der Waals surface area contributed by atoms with Gasteiger partial charge in [0.1, 0.15) is 0 Å². The van der Waals surface area contributed by atoms with Crippen LogP contribution in [0.2, 0.25) is 0 Å². The Bertz CT molecular complexity index is 3790. The maximum atomic E-state index is 9.50. The number of nitrogens with zero attached hydrogens (tertiary/aromatic N) is 8. The summed E-state index contributed by atoms with van der Waals surface area (Å²) in [5, 5.41) is 39.9. The summed E-state index contributed by atoms with van der Waals surface area (Å²) in [7, 11) is 0. The smallest absolute Gasteiger partial charge is 0.160 e. The summed E-state index contributed by atoms with van der Waals surface area (Å²) in [6, 6.07) is 81.1. The summed E-state index contributed by atoms with van der Waals surface area (Å²) >= 11 is 0. The van der Waals surface area contributed by atoms with E-state index in [1.54, 1.807) is 24.3 Å². The lowest BCUT2D eigenvalue weighted by Crippen LogP contribution is -2.10. The minimum atomic E-state index is 0.545. The molecule has 0 unspecified atom stereocenters. The lowest BCUT2D eigenvalue weighted by molar-refractivity contribution is 1.18. The molecule has 324 valence electrons. The van der Waals surface area contributed by atoms with Crippen molar-refractivity contribution in [3.8, 4) is 86.1 Å². The van der Waals surface area contributed by atoms with Gasteiger partial charge in [0.25, 0.3) is 0 Å². The van der Waals surface area contributed by atoms with Crippen LogP contribution in [-0.4, -0.2) is 14.5 Å². The fraction of sp³-hybridized carbons (Fsp3) is 0. The fourth-order valence-corrected chi connectivity index (χ4v) is 8.97. The van der Waals surface area contributed by atoms with Crippen molar-refractivity contribution in [1.29, 1.82) is 21.0 Å². The molecule has 0 saturated heterocycles. The number of rotatable bonds is 9. The van der Waals surface area contributed by atoms with Crippen molar-refractivity contribution < 1.29 is 0 Å². The highest BCUT2D eigenvalue weighted by molar-refractivity contribution is 6.10. The SMILES string of the molecule is N#Cc1ccc(-c2cc(-c3ccc(-c4ccc(-c5ccc(-n6c7ccccc7c7cc(N(c8ccc(C#N)cc8)c8ccc(C#N)cc8)ccc76)cc5)cc4)cc3)nc(-c3ccc(C#N)cc3)n2)cc1. The zero-order valence-electron chi connectivity index (χ0n) is 37.4. The minimum Gasteiger partial charge on any atom is -0.310 e. The number of hydrogen-bond acceptors (Lipinski definition) is 7. The van der Waals surface area contributed by atoms with Gasteiger partial charge < -0.3 is 9.47 Å². The monoisotopic (exact) mass is 892 g/mol. The molecule has 8 nitrogen and oxygen atoms in total. The van der Waals surface area contributed by atoms with Gasteiger partial charge in [-0.05, 0) is 150 Å². The molecule has 0 saturated carbocycles. The van der Waals surface area contributed by atoms with Gasteiger partial charge in [-0.2, -0.15) is 21.0 Å². The molecule has 0 aliphatic heterocycles. The topological polar surface area (TPSA) is 129 Å². The first-order chi connectivity index (χ1) is 34.5. The second-order valence-corrected chi connectivity index (χ2v) is 16.7. The Morgan fingerprint density at radius 2 is 0.700 bits per heavy atom. The van der Waals surface area contributed by atoms with Crippen molar-refractivity contribution in [1.82, 2.24) is 14.5 Å². The third-order valence-corrected chi connectivity index (χ3v) is 12.6. The predicted octanol–water partition coefficient (Wildman–Crippen LogP) is 14.9. The van der Waals surface area contributed by atoms with Gasteiger partial charge in [-0.25, -0.2) is 9.97 Å². The Kier molecular flexibility index (Phi) is 10.9. The highest BCUT2D eigenvalue weighted by Gasteiger charge is 2.18. The van der Waals surface area contributed by atoms with E-state index in [0.717, 1.165) is 94.9 Å². The molecule has 0 aliphatic rings. The average molecular weight is 893 g/mol. The van der Waals surface area contributed by atoms with E-state index in [1.165, 1.54) is 0 Å². The van der Waals surface area contributed by atoms with E-state index in [4.69, 9.17) is 9.97 Å². The third-order valence-electron chi connectivity index (χ3n) is 12.6. The summed E-state index contributed by atoms with van der Waals surface area (Å²) in [6.45, 7) is 0. The molecule has 2 heterocycles. The van der Waals surface area contributed by atoms with Crippen LogP contribution in [0.4, 0.5) is 17.1 Å². The van der Waals surface area contributed by atoms with Gasteiger partial charge in [0.15, 0.2) is 5.82 Å². The van der Waals surface area contributed by atoms with Gasteiger partial charge >= 0.3 is 0 Å². The largest absolute Gasteiger partial charge is 0.310 e. The van der Waals surface area contributed by atoms with Crippen molar-refractivity contribution >= 4 is 38.9 Å². The van der Waals surface area contributed by atoms with Gasteiger partial charge in [-0.15, -0.1) is 0 Å². The zero-order chi connectivity index (χ0) is 47.6. The van der Waals surface area contributed by atoms with Crippen LogP contribution < -0.4 is 4.90 Å². The molecule has 0 atom stereocenters. The second-order valence-electron chi connectivity index (χ2n) is 16.7. The number of fused-ring (bicyclic) bond motifs is 3. The number of aromatic nitrogens is 3. The zero-order valence-corrected chi connectivity index (χ0v) is 37.4. The van der Waals surface area contributed by atoms with Crippen LogP contribution in [0.3, 0.4) is 0 Å². The Balaban J connectivity index is 0.871. The summed E-state index contributed by atoms with van der Waals surface area (Å²) in [5.74, 6) is 0.545. The van der Waals surface area contributed by atoms with Crippen molar-refractivity contribution in [2.75, 3.05) is 4.90 Å². The number of anilines is 3. The first-order valence-electron chi connectivity index (χ1n) is 22.5.